The van der Waals surface area contributed by atoms with Gasteiger partial charge in [0.2, 0.25) is 11.8 Å². The summed E-state index contributed by atoms with van der Waals surface area (Å²) in [6.45, 7) is 0. The second kappa shape index (κ2) is 4.04. The van der Waals surface area contributed by atoms with Gasteiger partial charge in [-0.25, -0.2) is 4.90 Å². The standard InChI is InChI=1S/C16H13NO4/c18-14-12-8-5-6-9(7-8)13(12)15(19)17(14)11-4-2-1-3-10(11)16(20)21/h1-6,8-9,12-13H,7H2,(H,20,21)/p-1/t8-,9-,12-,13+/m1/s1. The lowest BCUT2D eigenvalue weighted by Gasteiger charge is -2.20. The van der Waals surface area contributed by atoms with Gasteiger partial charge in [-0.15, -0.1) is 0 Å². The maximum atomic E-state index is 12.6. The molecule has 0 spiro atoms. The molecule has 3 aliphatic rings. The van der Waals surface area contributed by atoms with Crippen molar-refractivity contribution in [1.29, 1.82) is 0 Å². The number of rotatable bonds is 2. The predicted octanol–water partition coefficient (Wildman–Crippen LogP) is 0.362. The Bertz CT molecular complexity index is 678. The molecule has 1 saturated heterocycles. The zero-order chi connectivity index (χ0) is 14.7. The van der Waals surface area contributed by atoms with E-state index in [2.05, 4.69) is 0 Å². The molecular formula is C16H12NO4-. The molecule has 21 heavy (non-hydrogen) atoms. The molecule has 0 N–H and O–H groups in total. The number of carbonyl (C=O) groups is 3. The number of para-hydroxylation sites is 1. The Hall–Kier alpha value is -2.43. The summed E-state index contributed by atoms with van der Waals surface area (Å²) < 4.78 is 0. The number of anilines is 1. The highest BCUT2D eigenvalue weighted by molar-refractivity contribution is 6.24. The van der Waals surface area contributed by atoms with Gasteiger partial charge in [-0.3, -0.25) is 9.59 Å². The summed E-state index contributed by atoms with van der Waals surface area (Å²) in [6.07, 6.45) is 4.86. The number of carbonyl (C=O) groups excluding carboxylic acids is 3. The van der Waals surface area contributed by atoms with Crippen molar-refractivity contribution in [2.45, 2.75) is 6.42 Å². The maximum absolute atomic E-state index is 12.6. The molecule has 1 aromatic rings. The van der Waals surface area contributed by atoms with Crippen molar-refractivity contribution in [3.05, 3.63) is 42.0 Å². The van der Waals surface area contributed by atoms with Gasteiger partial charge in [0.05, 0.1) is 23.5 Å². The van der Waals surface area contributed by atoms with Gasteiger partial charge in [-0.1, -0.05) is 30.4 Å². The minimum atomic E-state index is -1.38. The summed E-state index contributed by atoms with van der Waals surface area (Å²) in [7, 11) is 0. The molecule has 1 saturated carbocycles. The SMILES string of the molecule is O=C([O-])c1ccccc1N1C(=O)[C@@H]2[C@H](C1=O)[C@@H]1C=C[C@@H]2C1. The number of hydrogen-bond acceptors (Lipinski definition) is 4. The normalized spacial score (nSPS) is 32.9. The van der Waals surface area contributed by atoms with Crippen molar-refractivity contribution in [2.24, 2.45) is 23.7 Å². The minimum Gasteiger partial charge on any atom is -0.545 e. The molecule has 2 aliphatic carbocycles. The van der Waals surface area contributed by atoms with Gasteiger partial charge >= 0.3 is 0 Å². The molecule has 4 rings (SSSR count). The van der Waals surface area contributed by atoms with Crippen LogP contribution in [-0.4, -0.2) is 17.8 Å². The van der Waals surface area contributed by atoms with E-state index in [4.69, 9.17) is 0 Å². The second-order valence-electron chi connectivity index (χ2n) is 5.82. The second-order valence-corrected chi connectivity index (χ2v) is 5.82. The first-order chi connectivity index (χ1) is 10.1. The van der Waals surface area contributed by atoms with Crippen molar-refractivity contribution in [1.82, 2.24) is 0 Å². The van der Waals surface area contributed by atoms with E-state index >= 15 is 0 Å². The fourth-order valence-corrected chi connectivity index (χ4v) is 3.98. The highest BCUT2D eigenvalue weighted by Gasteiger charge is 2.59. The smallest absolute Gasteiger partial charge is 0.238 e. The Morgan fingerprint density at radius 2 is 1.62 bits per heavy atom. The first-order valence-corrected chi connectivity index (χ1v) is 6.96. The van der Waals surface area contributed by atoms with E-state index in [-0.39, 0.29) is 46.7 Å². The van der Waals surface area contributed by atoms with Gasteiger partial charge in [0.25, 0.3) is 0 Å². The molecule has 2 bridgehead atoms. The average Bonchev–Trinajstić information content (AvgIpc) is 3.13. The van der Waals surface area contributed by atoms with Crippen LogP contribution in [0.4, 0.5) is 5.69 Å². The minimum absolute atomic E-state index is 0.108. The molecule has 0 radical (unpaired) electrons. The summed E-state index contributed by atoms with van der Waals surface area (Å²) in [4.78, 5) is 37.5. The number of benzene rings is 1. The third kappa shape index (κ3) is 1.48. The van der Waals surface area contributed by atoms with Gasteiger partial charge in [-0.2, -0.15) is 0 Å². The number of nitrogens with zero attached hydrogens (tertiary/aromatic N) is 1. The lowest BCUT2D eigenvalue weighted by molar-refractivity contribution is -0.254. The Morgan fingerprint density at radius 3 is 2.19 bits per heavy atom. The summed E-state index contributed by atoms with van der Waals surface area (Å²) >= 11 is 0. The molecule has 1 heterocycles. The van der Waals surface area contributed by atoms with Gasteiger partial charge in [-0.05, 0) is 24.3 Å². The predicted molar refractivity (Wildman–Crippen MR) is 71.0 cm³/mol. The molecule has 5 nitrogen and oxygen atoms in total. The molecule has 5 heteroatoms. The number of carboxylic acids is 1. The van der Waals surface area contributed by atoms with Crippen molar-refractivity contribution >= 4 is 23.5 Å². The van der Waals surface area contributed by atoms with E-state index in [0.29, 0.717) is 0 Å². The molecule has 2 fully saturated rings. The van der Waals surface area contributed by atoms with E-state index in [1.54, 1.807) is 12.1 Å². The van der Waals surface area contributed by atoms with Crippen LogP contribution in [0.2, 0.25) is 0 Å². The van der Waals surface area contributed by atoms with Gasteiger partial charge in [0.1, 0.15) is 0 Å². The number of hydrogen-bond donors (Lipinski definition) is 0. The van der Waals surface area contributed by atoms with E-state index in [0.717, 1.165) is 11.3 Å². The Morgan fingerprint density at radius 1 is 1.05 bits per heavy atom. The van der Waals surface area contributed by atoms with Crippen molar-refractivity contribution in [2.75, 3.05) is 4.90 Å². The van der Waals surface area contributed by atoms with Crippen LogP contribution in [0.25, 0.3) is 0 Å². The number of amides is 2. The van der Waals surface area contributed by atoms with Crippen LogP contribution in [0.5, 0.6) is 0 Å². The van der Waals surface area contributed by atoms with Crippen LogP contribution in [0.1, 0.15) is 16.8 Å². The number of allylic oxidation sites excluding steroid dienone is 2. The highest BCUT2D eigenvalue weighted by atomic mass is 16.4. The third-order valence-electron chi connectivity index (χ3n) is 4.84. The van der Waals surface area contributed by atoms with E-state index in [1.807, 2.05) is 12.2 Å². The van der Waals surface area contributed by atoms with Crippen LogP contribution < -0.4 is 10.0 Å². The Kier molecular flexibility index (Phi) is 2.37. The summed E-state index contributed by atoms with van der Waals surface area (Å²) in [6, 6.07) is 6.00. The molecule has 106 valence electrons. The molecule has 1 aliphatic heterocycles. The first kappa shape index (κ1) is 12.3. The molecule has 0 unspecified atom stereocenters. The van der Waals surface area contributed by atoms with Crippen molar-refractivity contribution in [3.8, 4) is 0 Å². The molecular weight excluding hydrogens is 270 g/mol. The largest absolute Gasteiger partial charge is 0.545 e. The number of aromatic carboxylic acids is 1. The van der Waals surface area contributed by atoms with Crippen LogP contribution in [0, 0.1) is 23.7 Å². The van der Waals surface area contributed by atoms with E-state index in [9.17, 15) is 19.5 Å². The first-order valence-electron chi connectivity index (χ1n) is 6.96. The number of carboxylic acid groups (broad SMARTS) is 1. The topological polar surface area (TPSA) is 77.5 Å². The zero-order valence-corrected chi connectivity index (χ0v) is 11.1. The van der Waals surface area contributed by atoms with Gasteiger partial charge < -0.3 is 9.90 Å². The van der Waals surface area contributed by atoms with E-state index < -0.39 is 5.97 Å². The van der Waals surface area contributed by atoms with Crippen LogP contribution in [-0.2, 0) is 9.59 Å². The van der Waals surface area contributed by atoms with Gasteiger partial charge in [0.15, 0.2) is 0 Å². The average molecular weight is 282 g/mol. The quantitative estimate of drug-likeness (QED) is 0.579. The molecule has 1 aromatic carbocycles. The van der Waals surface area contributed by atoms with Crippen LogP contribution >= 0.6 is 0 Å². The van der Waals surface area contributed by atoms with Crippen molar-refractivity contribution in [3.63, 3.8) is 0 Å². The zero-order valence-electron chi connectivity index (χ0n) is 11.1. The lowest BCUT2D eigenvalue weighted by Crippen LogP contribution is -2.35. The summed E-state index contributed by atoms with van der Waals surface area (Å²) in [5, 5.41) is 11.2. The maximum Gasteiger partial charge on any atom is 0.238 e. The highest BCUT2D eigenvalue weighted by Crippen LogP contribution is 2.53. The monoisotopic (exact) mass is 282 g/mol. The van der Waals surface area contributed by atoms with Crippen LogP contribution in [0.3, 0.4) is 0 Å². The van der Waals surface area contributed by atoms with E-state index in [1.165, 1.54) is 12.1 Å². The van der Waals surface area contributed by atoms with Crippen molar-refractivity contribution < 1.29 is 19.5 Å². The number of fused-ring (bicyclic) bond motifs is 5. The fraction of sp³-hybridized carbons (Fsp3) is 0.312. The molecule has 4 atom stereocenters. The molecule has 0 aromatic heterocycles. The summed E-state index contributed by atoms with van der Waals surface area (Å²) in [5.74, 6) is -2.40. The Labute approximate surface area is 120 Å². The molecule has 2 amide bonds. The van der Waals surface area contributed by atoms with Gasteiger partial charge in [0, 0.05) is 5.56 Å². The van der Waals surface area contributed by atoms with Crippen LogP contribution in [0.15, 0.2) is 36.4 Å². The summed E-state index contributed by atoms with van der Waals surface area (Å²) in [5.41, 5.74) is 0.000722. The lowest BCUT2D eigenvalue weighted by atomic mass is 9.85. The fourth-order valence-electron chi connectivity index (χ4n) is 3.98. The third-order valence-corrected chi connectivity index (χ3v) is 4.84. The Balaban J connectivity index is 1.80. The number of imide groups is 1.